The van der Waals surface area contributed by atoms with Crippen LogP contribution in [0.25, 0.3) is 0 Å². The molecule has 122 valence electrons. The van der Waals surface area contributed by atoms with Crippen LogP contribution in [0.3, 0.4) is 0 Å². The van der Waals surface area contributed by atoms with Crippen molar-refractivity contribution >= 4 is 27.6 Å². The van der Waals surface area contributed by atoms with E-state index in [2.05, 4.69) is 4.98 Å². The van der Waals surface area contributed by atoms with Gasteiger partial charge in [0, 0.05) is 12.4 Å². The number of hydrogen-bond donors (Lipinski definition) is 2. The van der Waals surface area contributed by atoms with Gasteiger partial charge in [0.25, 0.3) is 0 Å². The van der Waals surface area contributed by atoms with Gasteiger partial charge in [-0.1, -0.05) is 17.7 Å². The standard InChI is InChI=1S/C14H12ClFN2O4S/c15-10-2-1-3-12(13(10)16)23(21,22)18-11(14(19)20)8-9-4-6-17-7-5-9/h1-7,11,18H,8H2,(H,19,20). The van der Waals surface area contributed by atoms with E-state index >= 15 is 0 Å². The first-order valence-corrected chi connectivity index (χ1v) is 8.25. The molecule has 0 bridgehead atoms. The summed E-state index contributed by atoms with van der Waals surface area (Å²) in [4.78, 5) is 14.4. The van der Waals surface area contributed by atoms with Crippen LogP contribution < -0.4 is 4.72 Å². The fourth-order valence-electron chi connectivity index (χ4n) is 1.88. The summed E-state index contributed by atoms with van der Waals surface area (Å²) in [5.41, 5.74) is 0.571. The molecule has 0 aliphatic rings. The van der Waals surface area contributed by atoms with Gasteiger partial charge >= 0.3 is 5.97 Å². The highest BCUT2D eigenvalue weighted by molar-refractivity contribution is 7.89. The molecule has 1 heterocycles. The lowest BCUT2D eigenvalue weighted by atomic mass is 10.1. The SMILES string of the molecule is O=C(O)C(Cc1ccncc1)NS(=O)(=O)c1cccc(Cl)c1F. The molecule has 23 heavy (non-hydrogen) atoms. The number of pyridine rings is 1. The van der Waals surface area contributed by atoms with Crippen molar-refractivity contribution in [2.75, 3.05) is 0 Å². The third-order valence-electron chi connectivity index (χ3n) is 2.99. The van der Waals surface area contributed by atoms with Gasteiger partial charge in [-0.3, -0.25) is 9.78 Å². The van der Waals surface area contributed by atoms with Gasteiger partial charge in [-0.2, -0.15) is 4.72 Å². The smallest absolute Gasteiger partial charge is 0.322 e. The molecule has 2 N–H and O–H groups in total. The lowest BCUT2D eigenvalue weighted by molar-refractivity contribution is -0.138. The number of hydrogen-bond acceptors (Lipinski definition) is 4. The molecule has 0 fully saturated rings. The Morgan fingerprint density at radius 1 is 1.30 bits per heavy atom. The summed E-state index contributed by atoms with van der Waals surface area (Å²) in [7, 11) is -4.38. The summed E-state index contributed by atoms with van der Waals surface area (Å²) in [5, 5.41) is 8.84. The molecular formula is C14H12ClFN2O4S. The summed E-state index contributed by atoms with van der Waals surface area (Å²) in [6, 6.07) is 5.13. The maximum Gasteiger partial charge on any atom is 0.322 e. The minimum absolute atomic E-state index is 0.112. The Balaban J connectivity index is 2.28. The van der Waals surface area contributed by atoms with Crippen LogP contribution in [0, 0.1) is 5.82 Å². The summed E-state index contributed by atoms with van der Waals surface area (Å²) >= 11 is 5.56. The lowest BCUT2D eigenvalue weighted by Gasteiger charge is -2.15. The van der Waals surface area contributed by atoms with E-state index in [-0.39, 0.29) is 11.4 Å². The summed E-state index contributed by atoms with van der Waals surface area (Å²) in [6.45, 7) is 0. The first-order chi connectivity index (χ1) is 10.8. The molecule has 6 nitrogen and oxygen atoms in total. The second-order valence-corrected chi connectivity index (χ2v) is 6.71. The van der Waals surface area contributed by atoms with Crippen molar-refractivity contribution in [2.24, 2.45) is 0 Å². The fraction of sp³-hybridized carbons (Fsp3) is 0.143. The highest BCUT2D eigenvalue weighted by Gasteiger charge is 2.28. The number of benzene rings is 1. The van der Waals surface area contributed by atoms with E-state index in [4.69, 9.17) is 11.6 Å². The van der Waals surface area contributed by atoms with Gasteiger partial charge < -0.3 is 5.11 Å². The van der Waals surface area contributed by atoms with Gasteiger partial charge in [-0.05, 0) is 36.2 Å². The zero-order valence-electron chi connectivity index (χ0n) is 11.6. The zero-order chi connectivity index (χ0) is 17.0. The van der Waals surface area contributed by atoms with Gasteiger partial charge in [0.1, 0.15) is 10.9 Å². The number of halogens is 2. The van der Waals surface area contributed by atoms with E-state index in [1.807, 2.05) is 4.72 Å². The van der Waals surface area contributed by atoms with Crippen LogP contribution in [0.2, 0.25) is 5.02 Å². The van der Waals surface area contributed by atoms with E-state index < -0.39 is 32.7 Å². The van der Waals surface area contributed by atoms with Crippen LogP contribution in [0.4, 0.5) is 4.39 Å². The molecule has 0 radical (unpaired) electrons. The fourth-order valence-corrected chi connectivity index (χ4v) is 3.40. The number of nitrogens with one attached hydrogen (secondary N) is 1. The highest BCUT2D eigenvalue weighted by Crippen LogP contribution is 2.22. The first kappa shape index (κ1) is 17.3. The molecule has 2 rings (SSSR count). The number of carbonyl (C=O) groups is 1. The minimum atomic E-state index is -4.38. The average molecular weight is 359 g/mol. The first-order valence-electron chi connectivity index (χ1n) is 6.39. The van der Waals surface area contributed by atoms with E-state index in [0.717, 1.165) is 6.07 Å². The second kappa shape index (κ2) is 7.03. The molecule has 0 saturated heterocycles. The predicted molar refractivity (Wildman–Crippen MR) is 81.1 cm³/mol. The maximum absolute atomic E-state index is 13.9. The van der Waals surface area contributed by atoms with Gasteiger partial charge in [0.2, 0.25) is 10.0 Å². The molecule has 9 heteroatoms. The van der Waals surface area contributed by atoms with E-state index in [0.29, 0.717) is 5.56 Å². The quantitative estimate of drug-likeness (QED) is 0.821. The number of nitrogens with zero attached hydrogens (tertiary/aromatic N) is 1. The molecule has 0 saturated carbocycles. The largest absolute Gasteiger partial charge is 0.480 e. The van der Waals surface area contributed by atoms with Crippen LogP contribution in [0.5, 0.6) is 0 Å². The number of carboxylic acid groups (broad SMARTS) is 1. The van der Waals surface area contributed by atoms with Crippen molar-refractivity contribution in [3.8, 4) is 0 Å². The number of aliphatic carboxylic acids is 1. The molecule has 0 spiro atoms. The van der Waals surface area contributed by atoms with E-state index in [1.54, 1.807) is 12.1 Å². The van der Waals surface area contributed by atoms with Crippen molar-refractivity contribution in [1.82, 2.24) is 9.71 Å². The Morgan fingerprint density at radius 3 is 2.57 bits per heavy atom. The molecule has 1 aromatic carbocycles. The molecule has 1 aromatic heterocycles. The molecular weight excluding hydrogens is 347 g/mol. The Hall–Kier alpha value is -2.03. The van der Waals surface area contributed by atoms with E-state index in [9.17, 15) is 22.7 Å². The predicted octanol–water partition coefficient (Wildman–Crippen LogP) is 1.85. The van der Waals surface area contributed by atoms with Gasteiger partial charge in [-0.25, -0.2) is 12.8 Å². The number of sulfonamides is 1. The van der Waals surface area contributed by atoms with Crippen molar-refractivity contribution in [3.63, 3.8) is 0 Å². The maximum atomic E-state index is 13.9. The molecule has 0 aliphatic heterocycles. The molecule has 0 amide bonds. The van der Waals surface area contributed by atoms with Crippen LogP contribution in [0.1, 0.15) is 5.56 Å². The Morgan fingerprint density at radius 2 is 1.96 bits per heavy atom. The second-order valence-electron chi connectivity index (χ2n) is 4.62. The molecule has 1 unspecified atom stereocenters. The Kier molecular flexibility index (Phi) is 5.30. The van der Waals surface area contributed by atoms with Crippen LogP contribution >= 0.6 is 11.6 Å². The summed E-state index contributed by atoms with van der Waals surface area (Å²) in [5.74, 6) is -2.51. The number of aromatic nitrogens is 1. The number of rotatable bonds is 6. The van der Waals surface area contributed by atoms with Crippen LogP contribution in [-0.2, 0) is 21.2 Å². The normalized spacial score (nSPS) is 12.8. The Labute approximate surface area is 137 Å². The van der Waals surface area contributed by atoms with E-state index in [1.165, 1.54) is 24.5 Å². The average Bonchev–Trinajstić information content (AvgIpc) is 2.50. The Bertz CT molecular complexity index is 815. The van der Waals surface area contributed by atoms with Gasteiger partial charge in [-0.15, -0.1) is 0 Å². The van der Waals surface area contributed by atoms with Crippen molar-refractivity contribution < 1.29 is 22.7 Å². The zero-order valence-corrected chi connectivity index (χ0v) is 13.2. The van der Waals surface area contributed by atoms with Gasteiger partial charge in [0.05, 0.1) is 5.02 Å². The summed E-state index contributed by atoms with van der Waals surface area (Å²) in [6.07, 6.45) is 2.80. The van der Waals surface area contributed by atoms with Crippen molar-refractivity contribution in [2.45, 2.75) is 17.4 Å². The monoisotopic (exact) mass is 358 g/mol. The van der Waals surface area contributed by atoms with Crippen LogP contribution in [-0.4, -0.2) is 30.5 Å². The van der Waals surface area contributed by atoms with Gasteiger partial charge in [0.15, 0.2) is 5.82 Å². The number of carboxylic acids is 1. The molecule has 0 aliphatic carbocycles. The van der Waals surface area contributed by atoms with Crippen LogP contribution in [0.15, 0.2) is 47.6 Å². The minimum Gasteiger partial charge on any atom is -0.480 e. The highest BCUT2D eigenvalue weighted by atomic mass is 35.5. The summed E-state index contributed by atoms with van der Waals surface area (Å²) < 4.78 is 40.3. The third-order valence-corrected chi connectivity index (χ3v) is 4.77. The lowest BCUT2D eigenvalue weighted by Crippen LogP contribution is -2.42. The topological polar surface area (TPSA) is 96.4 Å². The third kappa shape index (κ3) is 4.25. The molecule has 2 aromatic rings. The van der Waals surface area contributed by atoms with Crippen molar-refractivity contribution in [1.29, 1.82) is 0 Å². The van der Waals surface area contributed by atoms with Crippen molar-refractivity contribution in [3.05, 3.63) is 59.1 Å². The molecule has 1 atom stereocenters.